The minimum absolute atomic E-state index is 0.0346. The lowest BCUT2D eigenvalue weighted by Crippen LogP contribution is -2.33. The van der Waals surface area contributed by atoms with Crippen molar-refractivity contribution < 1.29 is 29.2 Å². The average molecular weight is 276 g/mol. The van der Waals surface area contributed by atoms with Gasteiger partial charge >= 0.3 is 0 Å². The van der Waals surface area contributed by atoms with Crippen LogP contribution in [-0.4, -0.2) is 39.0 Å². The Labute approximate surface area is 112 Å². The maximum Gasteiger partial charge on any atom is 0.289 e. The third-order valence-electron chi connectivity index (χ3n) is 3.05. The van der Waals surface area contributed by atoms with Crippen molar-refractivity contribution in [2.45, 2.75) is 12.8 Å². The van der Waals surface area contributed by atoms with Gasteiger partial charge in [0.1, 0.15) is 5.56 Å². The van der Waals surface area contributed by atoms with Gasteiger partial charge in [-0.2, -0.15) is 0 Å². The highest BCUT2D eigenvalue weighted by atomic mass is 16.7. The quantitative estimate of drug-likeness (QED) is 0.607. The Morgan fingerprint density at radius 1 is 1.00 bits per heavy atom. The van der Waals surface area contributed by atoms with Gasteiger partial charge in [-0.05, 0) is 12.1 Å². The molecule has 2 aliphatic rings. The van der Waals surface area contributed by atoms with Crippen molar-refractivity contribution in [1.82, 2.24) is 10.1 Å². The van der Waals surface area contributed by atoms with Gasteiger partial charge in [-0.15, -0.1) is 10.1 Å². The zero-order chi connectivity index (χ0) is 14.4. The molecule has 0 radical (unpaired) electrons. The van der Waals surface area contributed by atoms with Gasteiger partial charge in [0, 0.05) is 12.8 Å². The first-order chi connectivity index (χ1) is 9.50. The summed E-state index contributed by atoms with van der Waals surface area (Å²) in [6.45, 7) is 0. The van der Waals surface area contributed by atoms with Crippen LogP contribution in [0.2, 0.25) is 0 Å². The van der Waals surface area contributed by atoms with E-state index in [1.54, 1.807) is 0 Å². The summed E-state index contributed by atoms with van der Waals surface area (Å²) in [4.78, 5) is 51.4. The first-order valence-corrected chi connectivity index (χ1v) is 5.75. The molecule has 20 heavy (non-hydrogen) atoms. The highest BCUT2D eigenvalue weighted by Crippen LogP contribution is 2.31. The molecule has 2 heterocycles. The van der Waals surface area contributed by atoms with Gasteiger partial charge in [0.05, 0.1) is 5.56 Å². The lowest BCUT2D eigenvalue weighted by molar-refractivity contribution is -0.164. The van der Waals surface area contributed by atoms with Crippen LogP contribution < -0.4 is 4.84 Å². The van der Waals surface area contributed by atoms with Crippen molar-refractivity contribution in [2.24, 2.45) is 0 Å². The number of hydrogen-bond donors (Lipinski definition) is 1. The standard InChI is InChI=1S/C12H8N2O6/c15-8-4-5-9(16)14(8)20-7-3-1-2-6-10(7)12(18)13(19)11(6)17/h1-3,19H,4-5H2. The normalized spacial score (nSPS) is 18.1. The van der Waals surface area contributed by atoms with E-state index in [2.05, 4.69) is 0 Å². The van der Waals surface area contributed by atoms with Gasteiger partial charge in [0.2, 0.25) is 0 Å². The highest BCUT2D eigenvalue weighted by molar-refractivity contribution is 6.21. The van der Waals surface area contributed by atoms with E-state index in [1.807, 2.05) is 0 Å². The Hall–Kier alpha value is -2.74. The van der Waals surface area contributed by atoms with Crippen LogP contribution >= 0.6 is 0 Å². The summed E-state index contributed by atoms with van der Waals surface area (Å²) in [5.41, 5.74) is -0.221. The summed E-state index contributed by atoms with van der Waals surface area (Å²) in [5.74, 6) is -3.01. The van der Waals surface area contributed by atoms with Crippen molar-refractivity contribution in [2.75, 3.05) is 0 Å². The molecule has 0 aromatic heterocycles. The van der Waals surface area contributed by atoms with Crippen LogP contribution in [0.15, 0.2) is 18.2 Å². The summed E-state index contributed by atoms with van der Waals surface area (Å²) in [6.07, 6.45) is 0.0692. The lowest BCUT2D eigenvalue weighted by atomic mass is 10.1. The topological polar surface area (TPSA) is 104 Å². The summed E-state index contributed by atoms with van der Waals surface area (Å²) < 4.78 is 0. The fraction of sp³-hybridized carbons (Fsp3) is 0.167. The molecule has 3 rings (SSSR count). The molecule has 4 amide bonds. The van der Waals surface area contributed by atoms with Crippen molar-refractivity contribution in [3.63, 3.8) is 0 Å². The Bertz CT molecular complexity index is 652. The van der Waals surface area contributed by atoms with Crippen molar-refractivity contribution in [3.8, 4) is 5.75 Å². The number of imide groups is 2. The molecule has 0 atom stereocenters. The first kappa shape index (κ1) is 12.3. The Morgan fingerprint density at radius 2 is 1.65 bits per heavy atom. The molecule has 1 N–H and O–H groups in total. The number of fused-ring (bicyclic) bond motifs is 1. The average Bonchev–Trinajstić information content (AvgIpc) is 2.86. The van der Waals surface area contributed by atoms with E-state index in [1.165, 1.54) is 18.2 Å². The second kappa shape index (κ2) is 4.14. The largest absolute Gasteiger partial charge is 0.368 e. The summed E-state index contributed by atoms with van der Waals surface area (Å²) in [6, 6.07) is 4.10. The number of nitrogens with zero attached hydrogens (tertiary/aromatic N) is 2. The smallest absolute Gasteiger partial charge is 0.289 e. The molecule has 8 heteroatoms. The van der Waals surface area contributed by atoms with Crippen molar-refractivity contribution in [1.29, 1.82) is 0 Å². The van der Waals surface area contributed by atoms with Gasteiger partial charge in [-0.1, -0.05) is 6.07 Å². The molecule has 0 unspecified atom stereocenters. The van der Waals surface area contributed by atoms with E-state index < -0.39 is 23.6 Å². The van der Waals surface area contributed by atoms with E-state index in [9.17, 15) is 24.4 Å². The predicted octanol–water partition coefficient (Wildman–Crippen LogP) is 0.115. The Balaban J connectivity index is 2.01. The third-order valence-corrected chi connectivity index (χ3v) is 3.05. The number of rotatable bonds is 2. The number of hydrogen-bond acceptors (Lipinski definition) is 6. The van der Waals surface area contributed by atoms with Crippen molar-refractivity contribution in [3.05, 3.63) is 29.3 Å². The fourth-order valence-electron chi connectivity index (χ4n) is 2.07. The molecule has 102 valence electrons. The van der Waals surface area contributed by atoms with Gasteiger partial charge < -0.3 is 4.84 Å². The maximum absolute atomic E-state index is 11.8. The number of amides is 4. The predicted molar refractivity (Wildman–Crippen MR) is 60.4 cm³/mol. The molecule has 2 aliphatic heterocycles. The van der Waals surface area contributed by atoms with Crippen LogP contribution in [0.25, 0.3) is 0 Å². The molecule has 8 nitrogen and oxygen atoms in total. The molecule has 1 aromatic carbocycles. The van der Waals surface area contributed by atoms with Crippen LogP contribution in [0.1, 0.15) is 33.6 Å². The lowest BCUT2D eigenvalue weighted by Gasteiger charge is -2.15. The van der Waals surface area contributed by atoms with Gasteiger partial charge in [0.15, 0.2) is 5.75 Å². The van der Waals surface area contributed by atoms with E-state index >= 15 is 0 Å². The SMILES string of the molecule is O=C1c2cccc(ON3C(=O)CCC3=O)c2C(=O)N1O. The minimum Gasteiger partial charge on any atom is -0.368 e. The monoisotopic (exact) mass is 276 g/mol. The third kappa shape index (κ3) is 1.58. The number of carbonyl (C=O) groups excluding carboxylic acids is 4. The second-order valence-electron chi connectivity index (χ2n) is 4.27. The van der Waals surface area contributed by atoms with Crippen LogP contribution in [0.5, 0.6) is 5.75 Å². The Kier molecular flexibility index (Phi) is 2.54. The molecule has 0 aliphatic carbocycles. The molecular formula is C12H8N2O6. The molecule has 0 bridgehead atoms. The minimum atomic E-state index is -0.959. The fourth-order valence-corrected chi connectivity index (χ4v) is 2.07. The van der Waals surface area contributed by atoms with Crippen LogP contribution in [-0.2, 0) is 9.59 Å². The molecule has 1 aromatic rings. The van der Waals surface area contributed by atoms with E-state index in [0.29, 0.717) is 5.06 Å². The zero-order valence-corrected chi connectivity index (χ0v) is 10.0. The van der Waals surface area contributed by atoms with Crippen molar-refractivity contribution >= 4 is 23.6 Å². The van der Waals surface area contributed by atoms with Gasteiger partial charge in [0.25, 0.3) is 23.6 Å². The van der Waals surface area contributed by atoms with E-state index in [4.69, 9.17) is 4.84 Å². The second-order valence-corrected chi connectivity index (χ2v) is 4.27. The molecular weight excluding hydrogens is 268 g/mol. The van der Waals surface area contributed by atoms with Gasteiger partial charge in [-0.25, -0.2) is 0 Å². The molecule has 0 spiro atoms. The zero-order valence-electron chi connectivity index (χ0n) is 10.0. The summed E-state index contributed by atoms with van der Waals surface area (Å²) in [7, 11) is 0. The number of hydroxylamine groups is 4. The number of carbonyl (C=O) groups is 4. The van der Waals surface area contributed by atoms with Gasteiger partial charge in [-0.3, -0.25) is 24.4 Å². The van der Waals surface area contributed by atoms with Crippen LogP contribution in [0, 0.1) is 0 Å². The van der Waals surface area contributed by atoms with Crippen LogP contribution in [0.4, 0.5) is 0 Å². The molecule has 0 saturated carbocycles. The summed E-state index contributed by atoms with van der Waals surface area (Å²) in [5, 5.41) is 9.83. The van der Waals surface area contributed by atoms with E-state index in [-0.39, 0.29) is 34.8 Å². The highest BCUT2D eigenvalue weighted by Gasteiger charge is 2.39. The maximum atomic E-state index is 11.8. The summed E-state index contributed by atoms with van der Waals surface area (Å²) >= 11 is 0. The first-order valence-electron chi connectivity index (χ1n) is 5.75. The number of benzene rings is 1. The Morgan fingerprint density at radius 3 is 2.30 bits per heavy atom. The molecule has 1 fully saturated rings. The van der Waals surface area contributed by atoms with Crippen LogP contribution in [0.3, 0.4) is 0 Å². The molecule has 1 saturated heterocycles. The van der Waals surface area contributed by atoms with E-state index in [0.717, 1.165) is 0 Å².